The number of hydrogen-bond donors (Lipinski definition) is 1. The van der Waals surface area contributed by atoms with Crippen LogP contribution >= 0.6 is 11.6 Å². The van der Waals surface area contributed by atoms with Crippen molar-refractivity contribution >= 4 is 34.3 Å². The number of rotatable bonds is 2. The molecular formula is C12H13ClN4O2. The summed E-state index contributed by atoms with van der Waals surface area (Å²) in [5, 5.41) is 10.9. The molecule has 3 rings (SSSR count). The highest BCUT2D eigenvalue weighted by atomic mass is 35.5. The molecule has 0 radical (unpaired) electrons. The number of H-pyrrole nitrogens is 1. The van der Waals surface area contributed by atoms with Gasteiger partial charge in [-0.05, 0) is 18.9 Å². The first-order valence-corrected chi connectivity index (χ1v) is 6.60. The van der Waals surface area contributed by atoms with Crippen molar-refractivity contribution in [2.24, 2.45) is 0 Å². The third-order valence-corrected chi connectivity index (χ3v) is 3.68. The minimum atomic E-state index is -0.407. The summed E-state index contributed by atoms with van der Waals surface area (Å²) in [7, 11) is 0. The van der Waals surface area contributed by atoms with Gasteiger partial charge in [-0.15, -0.1) is 11.6 Å². The van der Waals surface area contributed by atoms with E-state index in [9.17, 15) is 10.1 Å². The maximum Gasteiger partial charge on any atom is 0.271 e. The number of nitro benzene ring substituents is 1. The first kappa shape index (κ1) is 12.2. The predicted molar refractivity (Wildman–Crippen MR) is 73.8 cm³/mol. The minimum absolute atomic E-state index is 0.0663. The lowest BCUT2D eigenvalue weighted by Crippen LogP contribution is -2.36. The van der Waals surface area contributed by atoms with Crippen LogP contribution in [0.4, 0.5) is 11.6 Å². The number of aromatic amines is 1. The van der Waals surface area contributed by atoms with E-state index in [0.717, 1.165) is 37.4 Å². The van der Waals surface area contributed by atoms with Crippen molar-refractivity contribution in [3.63, 3.8) is 0 Å². The summed E-state index contributed by atoms with van der Waals surface area (Å²) in [6.45, 7) is 1.66. The molecular weight excluding hydrogens is 268 g/mol. The molecule has 1 saturated heterocycles. The van der Waals surface area contributed by atoms with E-state index in [-0.39, 0.29) is 11.1 Å². The van der Waals surface area contributed by atoms with Crippen LogP contribution in [0, 0.1) is 10.1 Å². The van der Waals surface area contributed by atoms with E-state index in [1.54, 1.807) is 6.07 Å². The fraction of sp³-hybridized carbons (Fsp3) is 0.417. The molecule has 1 unspecified atom stereocenters. The molecule has 0 saturated carbocycles. The Kier molecular flexibility index (Phi) is 3.02. The van der Waals surface area contributed by atoms with Gasteiger partial charge in [-0.25, -0.2) is 4.98 Å². The van der Waals surface area contributed by atoms with Crippen LogP contribution < -0.4 is 4.90 Å². The summed E-state index contributed by atoms with van der Waals surface area (Å²) < 4.78 is 0. The summed E-state index contributed by atoms with van der Waals surface area (Å²) >= 11 is 6.15. The number of non-ortho nitro benzene ring substituents is 1. The van der Waals surface area contributed by atoms with E-state index in [0.29, 0.717) is 5.52 Å². The Balaban J connectivity index is 1.94. The van der Waals surface area contributed by atoms with Gasteiger partial charge in [0.25, 0.3) is 5.69 Å². The molecule has 1 aromatic carbocycles. The number of benzene rings is 1. The zero-order valence-corrected chi connectivity index (χ0v) is 10.9. The zero-order valence-electron chi connectivity index (χ0n) is 10.2. The van der Waals surface area contributed by atoms with Gasteiger partial charge in [0.05, 0.1) is 21.3 Å². The highest BCUT2D eigenvalue weighted by molar-refractivity contribution is 6.21. The third kappa shape index (κ3) is 2.35. The lowest BCUT2D eigenvalue weighted by Gasteiger charge is -2.29. The van der Waals surface area contributed by atoms with Crippen LogP contribution in [0.1, 0.15) is 12.8 Å². The molecule has 1 atom stereocenters. The quantitative estimate of drug-likeness (QED) is 0.521. The van der Waals surface area contributed by atoms with E-state index >= 15 is 0 Å². The summed E-state index contributed by atoms with van der Waals surface area (Å²) in [4.78, 5) is 20.0. The lowest BCUT2D eigenvalue weighted by molar-refractivity contribution is -0.384. The predicted octanol–water partition coefficient (Wildman–Crippen LogP) is 2.68. The molecule has 1 N–H and O–H groups in total. The Morgan fingerprint density at radius 1 is 1.53 bits per heavy atom. The van der Waals surface area contributed by atoms with Crippen molar-refractivity contribution in [1.82, 2.24) is 9.97 Å². The summed E-state index contributed by atoms with van der Waals surface area (Å²) in [6.07, 6.45) is 2.05. The third-order valence-electron chi connectivity index (χ3n) is 3.33. The number of imidazole rings is 1. The molecule has 100 valence electrons. The molecule has 0 bridgehead atoms. The number of alkyl halides is 1. The maximum atomic E-state index is 10.7. The fourth-order valence-corrected chi connectivity index (χ4v) is 2.69. The second-order valence-corrected chi connectivity index (χ2v) is 5.32. The number of nitro groups is 1. The molecule has 2 heterocycles. The van der Waals surface area contributed by atoms with E-state index < -0.39 is 4.92 Å². The lowest BCUT2D eigenvalue weighted by atomic mass is 10.1. The van der Waals surface area contributed by atoms with Crippen LogP contribution in [0.3, 0.4) is 0 Å². The average Bonchev–Trinajstić information content (AvgIpc) is 2.81. The van der Waals surface area contributed by atoms with E-state index in [1.807, 2.05) is 0 Å². The monoisotopic (exact) mass is 280 g/mol. The standard InChI is InChI=1S/C12H13ClN4O2/c13-8-2-1-5-16(7-8)12-14-10-4-3-9(17(18)19)6-11(10)15-12/h3-4,6,8H,1-2,5,7H2,(H,14,15). The topological polar surface area (TPSA) is 75.1 Å². The maximum absolute atomic E-state index is 10.7. The second-order valence-electron chi connectivity index (χ2n) is 4.70. The molecule has 2 aromatic rings. The molecule has 0 spiro atoms. The first-order valence-electron chi connectivity index (χ1n) is 6.16. The fourth-order valence-electron chi connectivity index (χ4n) is 2.37. The van der Waals surface area contributed by atoms with Crippen molar-refractivity contribution in [3.8, 4) is 0 Å². The number of anilines is 1. The highest BCUT2D eigenvalue weighted by Gasteiger charge is 2.20. The molecule has 0 aliphatic carbocycles. The Morgan fingerprint density at radius 3 is 3.11 bits per heavy atom. The van der Waals surface area contributed by atoms with Gasteiger partial charge in [0.1, 0.15) is 0 Å². The SMILES string of the molecule is O=[N+]([O-])c1ccc2nc(N3CCCC(Cl)C3)[nH]c2c1. The Hall–Kier alpha value is -1.82. The second kappa shape index (κ2) is 4.70. The van der Waals surface area contributed by atoms with E-state index in [1.165, 1.54) is 12.1 Å². The number of nitrogens with zero attached hydrogens (tertiary/aromatic N) is 3. The Bertz CT molecular complexity index is 627. The van der Waals surface area contributed by atoms with Crippen LogP contribution in [0.5, 0.6) is 0 Å². The van der Waals surface area contributed by atoms with Gasteiger partial charge < -0.3 is 9.88 Å². The van der Waals surface area contributed by atoms with Crippen molar-refractivity contribution < 1.29 is 4.92 Å². The molecule has 0 amide bonds. The normalized spacial score (nSPS) is 19.8. The number of piperidine rings is 1. The largest absolute Gasteiger partial charge is 0.341 e. The Labute approximate surface area is 114 Å². The number of hydrogen-bond acceptors (Lipinski definition) is 4. The number of halogens is 1. The number of fused-ring (bicyclic) bond motifs is 1. The molecule has 6 nitrogen and oxygen atoms in total. The van der Waals surface area contributed by atoms with Gasteiger partial charge in [0.2, 0.25) is 5.95 Å². The summed E-state index contributed by atoms with van der Waals surface area (Å²) in [5.41, 5.74) is 1.48. The zero-order chi connectivity index (χ0) is 13.4. The van der Waals surface area contributed by atoms with Gasteiger partial charge in [-0.3, -0.25) is 10.1 Å². The van der Waals surface area contributed by atoms with Gasteiger partial charge >= 0.3 is 0 Å². The van der Waals surface area contributed by atoms with E-state index in [2.05, 4.69) is 14.9 Å². The van der Waals surface area contributed by atoms with Crippen LogP contribution in [0.25, 0.3) is 11.0 Å². The van der Waals surface area contributed by atoms with Crippen LogP contribution in [0.2, 0.25) is 0 Å². The molecule has 1 aliphatic rings. The number of nitrogens with one attached hydrogen (secondary N) is 1. The van der Waals surface area contributed by atoms with Crippen molar-refractivity contribution in [1.29, 1.82) is 0 Å². The molecule has 1 fully saturated rings. The number of aromatic nitrogens is 2. The summed E-state index contributed by atoms with van der Waals surface area (Å²) in [6, 6.07) is 4.64. The van der Waals surface area contributed by atoms with Crippen LogP contribution in [-0.4, -0.2) is 33.4 Å². The Morgan fingerprint density at radius 2 is 2.37 bits per heavy atom. The average molecular weight is 281 g/mol. The van der Waals surface area contributed by atoms with Gasteiger partial charge in [0.15, 0.2) is 0 Å². The smallest absolute Gasteiger partial charge is 0.271 e. The van der Waals surface area contributed by atoms with E-state index in [4.69, 9.17) is 11.6 Å². The van der Waals surface area contributed by atoms with Gasteiger partial charge in [0, 0.05) is 25.2 Å². The molecule has 1 aromatic heterocycles. The van der Waals surface area contributed by atoms with Crippen molar-refractivity contribution in [2.75, 3.05) is 18.0 Å². The summed E-state index contributed by atoms with van der Waals surface area (Å²) in [5.74, 6) is 0.737. The highest BCUT2D eigenvalue weighted by Crippen LogP contribution is 2.25. The van der Waals surface area contributed by atoms with Gasteiger partial charge in [-0.2, -0.15) is 0 Å². The molecule has 7 heteroatoms. The van der Waals surface area contributed by atoms with Crippen LogP contribution in [-0.2, 0) is 0 Å². The van der Waals surface area contributed by atoms with Gasteiger partial charge in [-0.1, -0.05) is 0 Å². The first-order chi connectivity index (χ1) is 9.13. The molecule has 19 heavy (non-hydrogen) atoms. The molecule has 1 aliphatic heterocycles. The van der Waals surface area contributed by atoms with Crippen molar-refractivity contribution in [2.45, 2.75) is 18.2 Å². The van der Waals surface area contributed by atoms with Crippen molar-refractivity contribution in [3.05, 3.63) is 28.3 Å². The van der Waals surface area contributed by atoms with Crippen LogP contribution in [0.15, 0.2) is 18.2 Å². The minimum Gasteiger partial charge on any atom is -0.341 e.